The quantitative estimate of drug-likeness (QED) is 0.402. The van der Waals surface area contributed by atoms with Gasteiger partial charge >= 0.3 is 5.69 Å². The van der Waals surface area contributed by atoms with Crippen molar-refractivity contribution in [1.82, 2.24) is 4.98 Å². The largest absolute Gasteiger partial charge is 0.321 e. The van der Waals surface area contributed by atoms with E-state index in [2.05, 4.69) is 10.3 Å². The number of carbonyl (C=O) groups excluding carboxylic acids is 1. The van der Waals surface area contributed by atoms with Gasteiger partial charge in [0.05, 0.1) is 10.6 Å². The third-order valence-electron chi connectivity index (χ3n) is 2.66. The molecule has 2 rings (SSSR count). The van der Waals surface area contributed by atoms with E-state index >= 15 is 0 Å². The number of carbonyl (C=O) groups is 1. The molecule has 0 saturated carbocycles. The highest BCUT2D eigenvalue weighted by atomic mass is 35.5. The van der Waals surface area contributed by atoms with Gasteiger partial charge in [-0.3, -0.25) is 14.9 Å². The van der Waals surface area contributed by atoms with E-state index in [4.69, 9.17) is 11.6 Å². The van der Waals surface area contributed by atoms with E-state index in [9.17, 15) is 14.9 Å². The fourth-order valence-electron chi connectivity index (χ4n) is 1.72. The molecule has 8 heteroatoms. The van der Waals surface area contributed by atoms with Crippen molar-refractivity contribution in [3.05, 3.63) is 57.4 Å². The molecule has 0 aliphatic rings. The molecule has 21 heavy (non-hydrogen) atoms. The third kappa shape index (κ3) is 3.32. The van der Waals surface area contributed by atoms with E-state index in [1.165, 1.54) is 24.0 Å². The highest BCUT2D eigenvalue weighted by Crippen LogP contribution is 2.29. The molecule has 0 aliphatic carbocycles. The van der Waals surface area contributed by atoms with E-state index in [1.54, 1.807) is 12.1 Å². The first-order chi connectivity index (χ1) is 10.0. The number of nitrogens with zero attached hydrogens (tertiary/aromatic N) is 2. The van der Waals surface area contributed by atoms with Crippen LogP contribution < -0.4 is 5.32 Å². The van der Waals surface area contributed by atoms with Crippen LogP contribution in [0.1, 0.15) is 10.4 Å². The number of rotatable bonds is 4. The van der Waals surface area contributed by atoms with Gasteiger partial charge in [0.15, 0.2) is 0 Å². The number of nitrogens with one attached hydrogen (secondary N) is 1. The molecule has 0 radical (unpaired) electrons. The average Bonchev–Trinajstić information content (AvgIpc) is 2.47. The Morgan fingerprint density at radius 1 is 1.38 bits per heavy atom. The van der Waals surface area contributed by atoms with Crippen molar-refractivity contribution in [3.63, 3.8) is 0 Å². The number of halogens is 1. The summed E-state index contributed by atoms with van der Waals surface area (Å²) in [6, 6.07) is 8.43. The maximum absolute atomic E-state index is 12.2. The van der Waals surface area contributed by atoms with Gasteiger partial charge in [-0.15, -0.1) is 11.8 Å². The second-order valence-corrected chi connectivity index (χ2v) is 5.12. The molecule has 108 valence electrons. The summed E-state index contributed by atoms with van der Waals surface area (Å²) in [5.74, 6) is -0.604. The van der Waals surface area contributed by atoms with Crippen molar-refractivity contribution >= 4 is 40.6 Å². The molecule has 1 aromatic carbocycles. The molecule has 1 aromatic heterocycles. The summed E-state index contributed by atoms with van der Waals surface area (Å²) < 4.78 is 0. The molecule has 2 aromatic rings. The topological polar surface area (TPSA) is 85.1 Å². The highest BCUT2D eigenvalue weighted by molar-refractivity contribution is 7.98. The molecule has 1 heterocycles. The Bertz CT molecular complexity index is 709. The molecular formula is C13H10ClN3O3S. The maximum Gasteiger partial charge on any atom is 0.319 e. The van der Waals surface area contributed by atoms with Crippen molar-refractivity contribution in [1.29, 1.82) is 0 Å². The number of hydrogen-bond acceptors (Lipinski definition) is 5. The van der Waals surface area contributed by atoms with Crippen molar-refractivity contribution in [2.45, 2.75) is 4.90 Å². The van der Waals surface area contributed by atoms with Crippen LogP contribution in [0.15, 0.2) is 41.4 Å². The van der Waals surface area contributed by atoms with Crippen LogP contribution in [0.4, 0.5) is 11.4 Å². The summed E-state index contributed by atoms with van der Waals surface area (Å²) >= 11 is 7.15. The first-order valence-corrected chi connectivity index (χ1v) is 7.38. The summed E-state index contributed by atoms with van der Waals surface area (Å²) in [5, 5.41) is 13.4. The number of thioether (sulfide) groups is 1. The van der Waals surface area contributed by atoms with Gasteiger partial charge in [-0.1, -0.05) is 23.7 Å². The van der Waals surface area contributed by atoms with Crippen LogP contribution in [-0.4, -0.2) is 22.1 Å². The minimum atomic E-state index is -0.718. The summed E-state index contributed by atoms with van der Waals surface area (Å²) in [6.45, 7) is 0. The van der Waals surface area contributed by atoms with Gasteiger partial charge in [-0.25, -0.2) is 4.98 Å². The number of pyridine rings is 1. The van der Waals surface area contributed by atoms with Gasteiger partial charge in [0, 0.05) is 11.1 Å². The monoisotopic (exact) mass is 323 g/mol. The molecule has 6 nitrogen and oxygen atoms in total. The van der Waals surface area contributed by atoms with Gasteiger partial charge < -0.3 is 5.32 Å². The fourth-order valence-corrected chi connectivity index (χ4v) is 2.50. The zero-order valence-electron chi connectivity index (χ0n) is 10.9. The number of amides is 1. The fraction of sp³-hybridized carbons (Fsp3) is 0.0769. The number of benzene rings is 1. The van der Waals surface area contributed by atoms with Gasteiger partial charge in [-0.05, 0) is 24.5 Å². The standard InChI is InChI=1S/C13H10ClN3O3S/c1-21-10-5-3-2-4-9(10)16-13(18)8-6-7-15-12(14)11(8)17(19)20/h2-7H,1H3,(H,16,18). The van der Waals surface area contributed by atoms with Crippen LogP contribution in [-0.2, 0) is 0 Å². The number of para-hydroxylation sites is 1. The lowest BCUT2D eigenvalue weighted by Crippen LogP contribution is -2.15. The zero-order chi connectivity index (χ0) is 15.4. The number of hydrogen-bond donors (Lipinski definition) is 1. The van der Waals surface area contributed by atoms with Crippen molar-refractivity contribution in [2.24, 2.45) is 0 Å². The Labute approximate surface area is 129 Å². The minimum Gasteiger partial charge on any atom is -0.321 e. The Morgan fingerprint density at radius 3 is 2.76 bits per heavy atom. The molecule has 0 aliphatic heterocycles. The lowest BCUT2D eigenvalue weighted by Gasteiger charge is -2.09. The zero-order valence-corrected chi connectivity index (χ0v) is 12.4. The second-order valence-electron chi connectivity index (χ2n) is 3.91. The number of aromatic nitrogens is 1. The molecule has 0 unspecified atom stereocenters. The molecule has 1 N–H and O–H groups in total. The van der Waals surface area contributed by atoms with Gasteiger partial charge in [0.1, 0.15) is 5.56 Å². The van der Waals surface area contributed by atoms with E-state index in [1.807, 2.05) is 18.4 Å². The molecule has 1 amide bonds. The predicted molar refractivity (Wildman–Crippen MR) is 82.1 cm³/mol. The van der Waals surface area contributed by atoms with Crippen LogP contribution in [0.2, 0.25) is 5.15 Å². The Balaban J connectivity index is 2.38. The van der Waals surface area contributed by atoms with Crippen LogP contribution in [0.25, 0.3) is 0 Å². The first kappa shape index (κ1) is 15.3. The Morgan fingerprint density at radius 2 is 2.10 bits per heavy atom. The smallest absolute Gasteiger partial charge is 0.319 e. The lowest BCUT2D eigenvalue weighted by molar-refractivity contribution is -0.385. The molecule has 0 spiro atoms. The van der Waals surface area contributed by atoms with Crippen LogP contribution >= 0.6 is 23.4 Å². The van der Waals surface area contributed by atoms with Gasteiger partial charge in [-0.2, -0.15) is 0 Å². The summed E-state index contributed by atoms with van der Waals surface area (Å²) in [6.07, 6.45) is 3.13. The third-order valence-corrected chi connectivity index (χ3v) is 3.73. The molecule has 0 fully saturated rings. The second kappa shape index (κ2) is 6.55. The van der Waals surface area contributed by atoms with Crippen molar-refractivity contribution in [3.8, 4) is 0 Å². The van der Waals surface area contributed by atoms with E-state index < -0.39 is 16.5 Å². The highest BCUT2D eigenvalue weighted by Gasteiger charge is 2.25. The van der Waals surface area contributed by atoms with Gasteiger partial charge in [0.2, 0.25) is 5.15 Å². The lowest BCUT2D eigenvalue weighted by atomic mass is 10.2. The summed E-state index contributed by atoms with van der Waals surface area (Å²) in [7, 11) is 0. The minimum absolute atomic E-state index is 0.129. The van der Waals surface area contributed by atoms with E-state index in [0.717, 1.165) is 4.90 Å². The Kier molecular flexibility index (Phi) is 4.77. The normalized spacial score (nSPS) is 10.2. The van der Waals surface area contributed by atoms with Gasteiger partial charge in [0.25, 0.3) is 5.91 Å². The average molecular weight is 324 g/mol. The van der Waals surface area contributed by atoms with Crippen molar-refractivity contribution in [2.75, 3.05) is 11.6 Å². The summed E-state index contributed by atoms with van der Waals surface area (Å²) in [4.78, 5) is 27.0. The predicted octanol–water partition coefficient (Wildman–Crippen LogP) is 3.62. The molecule has 0 atom stereocenters. The maximum atomic E-state index is 12.2. The molecular weight excluding hydrogens is 314 g/mol. The SMILES string of the molecule is CSc1ccccc1NC(=O)c1ccnc(Cl)c1[N+](=O)[O-]. The van der Waals surface area contributed by atoms with E-state index in [-0.39, 0.29) is 10.7 Å². The first-order valence-electron chi connectivity index (χ1n) is 5.78. The van der Waals surface area contributed by atoms with Crippen molar-refractivity contribution < 1.29 is 9.72 Å². The number of nitro groups is 1. The Hall–Kier alpha value is -2.12. The summed E-state index contributed by atoms with van der Waals surface area (Å²) in [5.41, 5.74) is -0.0496. The molecule has 0 saturated heterocycles. The van der Waals surface area contributed by atoms with E-state index in [0.29, 0.717) is 5.69 Å². The van der Waals surface area contributed by atoms with Crippen LogP contribution in [0.5, 0.6) is 0 Å². The van der Waals surface area contributed by atoms with Crippen LogP contribution in [0.3, 0.4) is 0 Å². The number of anilines is 1. The van der Waals surface area contributed by atoms with Crippen LogP contribution in [0, 0.1) is 10.1 Å². The molecule has 0 bridgehead atoms.